The Morgan fingerprint density at radius 1 is 0.762 bits per heavy atom. The number of nitrogen functional groups attached to an aromatic ring is 2. The lowest BCUT2D eigenvalue weighted by Gasteiger charge is -2.07. The van der Waals surface area contributed by atoms with Crippen LogP contribution in [0, 0.1) is 13.8 Å². The molecule has 0 saturated heterocycles. The van der Waals surface area contributed by atoms with Crippen molar-refractivity contribution < 1.29 is 4.74 Å². The van der Waals surface area contributed by atoms with Gasteiger partial charge in [0.15, 0.2) is 0 Å². The molecule has 0 fully saturated rings. The zero-order chi connectivity index (χ0) is 15.8. The van der Waals surface area contributed by atoms with Gasteiger partial charge in [-0.05, 0) is 74.2 Å². The maximum absolute atomic E-state index is 5.80. The predicted molar refractivity (Wildman–Crippen MR) is 92.3 cm³/mol. The summed E-state index contributed by atoms with van der Waals surface area (Å²) in [4.78, 5) is 0. The maximum atomic E-state index is 5.80. The van der Waals surface area contributed by atoms with Gasteiger partial charge in [0.05, 0.1) is 0 Å². The van der Waals surface area contributed by atoms with Gasteiger partial charge in [0.1, 0.15) is 0 Å². The number of rotatable bonds is 3. The summed E-state index contributed by atoms with van der Waals surface area (Å²) in [5.41, 5.74) is 17.8. The number of hydrogen-bond acceptors (Lipinski definition) is 3. The Bertz CT molecular complexity index is 528. The van der Waals surface area contributed by atoms with E-state index in [1.807, 2.05) is 52.0 Å². The number of ether oxygens (including phenoxy) is 1. The Labute approximate surface area is 127 Å². The molecule has 0 saturated carbocycles. The van der Waals surface area contributed by atoms with Crippen molar-refractivity contribution >= 4 is 11.4 Å². The summed E-state index contributed by atoms with van der Waals surface area (Å²) < 4.78 is 4.83. The van der Waals surface area contributed by atoms with Gasteiger partial charge < -0.3 is 16.2 Å². The van der Waals surface area contributed by atoms with E-state index in [1.54, 1.807) is 0 Å². The summed E-state index contributed by atoms with van der Waals surface area (Å²) in [6.45, 7) is 9.70. The fraction of sp³-hybridized carbons (Fsp3) is 0.333. The fourth-order valence-corrected chi connectivity index (χ4v) is 1.91. The van der Waals surface area contributed by atoms with Gasteiger partial charge in [0.25, 0.3) is 0 Å². The van der Waals surface area contributed by atoms with Crippen molar-refractivity contribution in [3.05, 3.63) is 47.5 Å². The molecule has 0 aliphatic heterocycles. The number of anilines is 2. The highest BCUT2D eigenvalue weighted by atomic mass is 16.5. The molecule has 2 aromatic rings. The largest absolute Gasteiger partial charge is 0.399 e. The highest BCUT2D eigenvalue weighted by Crippen LogP contribution is 2.25. The van der Waals surface area contributed by atoms with Crippen LogP contribution in [0.3, 0.4) is 0 Å². The van der Waals surface area contributed by atoms with Crippen LogP contribution >= 0.6 is 0 Å². The van der Waals surface area contributed by atoms with Crippen LogP contribution < -0.4 is 11.5 Å². The molecule has 0 aliphatic rings. The van der Waals surface area contributed by atoms with Crippen molar-refractivity contribution in [3.8, 4) is 11.1 Å². The van der Waals surface area contributed by atoms with Gasteiger partial charge in [-0.3, -0.25) is 0 Å². The van der Waals surface area contributed by atoms with Crippen LogP contribution in [0.25, 0.3) is 11.1 Å². The van der Waals surface area contributed by atoms with Crippen molar-refractivity contribution in [1.29, 1.82) is 0 Å². The van der Waals surface area contributed by atoms with Crippen molar-refractivity contribution in [3.63, 3.8) is 0 Å². The number of hydrogen-bond donors (Lipinski definition) is 2. The summed E-state index contributed by atoms with van der Waals surface area (Å²) in [5.74, 6) is 0. The van der Waals surface area contributed by atoms with Gasteiger partial charge >= 0.3 is 0 Å². The van der Waals surface area contributed by atoms with Crippen LogP contribution in [0.4, 0.5) is 11.4 Å². The second-order valence-electron chi connectivity index (χ2n) is 4.92. The minimum absolute atomic E-state index is 0.830. The topological polar surface area (TPSA) is 61.3 Å². The summed E-state index contributed by atoms with van der Waals surface area (Å²) >= 11 is 0. The molecule has 21 heavy (non-hydrogen) atoms. The molecule has 0 aromatic heterocycles. The molecule has 0 radical (unpaired) electrons. The SMILES string of the molecule is CCOCC.Cc1cc(-c2ccc(N)c(C)c2)ccc1N. The van der Waals surface area contributed by atoms with E-state index in [0.717, 1.165) is 35.7 Å². The van der Waals surface area contributed by atoms with Crippen molar-refractivity contribution in [2.75, 3.05) is 24.7 Å². The normalized spacial score (nSPS) is 9.90. The molecule has 2 rings (SSSR count). The van der Waals surface area contributed by atoms with Crippen LogP contribution in [0.15, 0.2) is 36.4 Å². The van der Waals surface area contributed by atoms with Crippen LogP contribution in [-0.4, -0.2) is 13.2 Å². The minimum Gasteiger partial charge on any atom is -0.399 e. The molecule has 3 heteroatoms. The molecule has 0 amide bonds. The first-order valence-corrected chi connectivity index (χ1v) is 7.29. The monoisotopic (exact) mass is 286 g/mol. The third-order valence-corrected chi connectivity index (χ3v) is 3.28. The van der Waals surface area contributed by atoms with E-state index in [4.69, 9.17) is 16.2 Å². The zero-order valence-corrected chi connectivity index (χ0v) is 13.4. The summed E-state index contributed by atoms with van der Waals surface area (Å²) in [6, 6.07) is 12.1. The van der Waals surface area contributed by atoms with Crippen molar-refractivity contribution in [1.82, 2.24) is 0 Å². The van der Waals surface area contributed by atoms with Crippen LogP contribution in [0.1, 0.15) is 25.0 Å². The Morgan fingerprint density at radius 3 is 1.38 bits per heavy atom. The zero-order valence-electron chi connectivity index (χ0n) is 13.4. The fourth-order valence-electron chi connectivity index (χ4n) is 1.91. The Kier molecular flexibility index (Phi) is 6.76. The number of benzene rings is 2. The van der Waals surface area contributed by atoms with Gasteiger partial charge in [0, 0.05) is 24.6 Å². The Balaban J connectivity index is 0.000000383. The van der Waals surface area contributed by atoms with Crippen molar-refractivity contribution in [2.24, 2.45) is 0 Å². The molecular weight excluding hydrogens is 260 g/mol. The minimum atomic E-state index is 0.830. The van der Waals surface area contributed by atoms with E-state index < -0.39 is 0 Å². The van der Waals surface area contributed by atoms with Crippen LogP contribution in [-0.2, 0) is 4.74 Å². The van der Waals surface area contributed by atoms with Gasteiger partial charge in [-0.2, -0.15) is 0 Å². The number of aryl methyl sites for hydroxylation is 2. The average molecular weight is 286 g/mol. The average Bonchev–Trinajstić information content (AvgIpc) is 2.46. The summed E-state index contributed by atoms with van der Waals surface area (Å²) in [7, 11) is 0. The van der Waals surface area contributed by atoms with Gasteiger partial charge in [0.2, 0.25) is 0 Å². The Morgan fingerprint density at radius 2 is 1.14 bits per heavy atom. The van der Waals surface area contributed by atoms with E-state index in [1.165, 1.54) is 11.1 Å². The standard InChI is InChI=1S/C14H16N2.C4H10O/c1-9-7-11(3-5-13(9)15)12-4-6-14(16)10(2)8-12;1-3-5-4-2/h3-8H,15-16H2,1-2H3;3-4H2,1-2H3. The van der Waals surface area contributed by atoms with Crippen LogP contribution in [0.2, 0.25) is 0 Å². The molecule has 4 N–H and O–H groups in total. The van der Waals surface area contributed by atoms with Crippen LogP contribution in [0.5, 0.6) is 0 Å². The highest BCUT2D eigenvalue weighted by Gasteiger charge is 2.01. The molecule has 0 bridgehead atoms. The predicted octanol–water partition coefficient (Wildman–Crippen LogP) is 4.18. The van der Waals surface area contributed by atoms with Gasteiger partial charge in [-0.15, -0.1) is 0 Å². The first-order valence-electron chi connectivity index (χ1n) is 7.29. The van der Waals surface area contributed by atoms with Gasteiger partial charge in [-0.25, -0.2) is 0 Å². The first-order chi connectivity index (χ1) is 9.99. The molecule has 0 atom stereocenters. The van der Waals surface area contributed by atoms with E-state index in [0.29, 0.717) is 0 Å². The highest BCUT2D eigenvalue weighted by molar-refractivity contribution is 5.70. The quantitative estimate of drug-likeness (QED) is 0.832. The second kappa shape index (κ2) is 8.32. The second-order valence-corrected chi connectivity index (χ2v) is 4.92. The molecule has 0 spiro atoms. The molecule has 0 aliphatic carbocycles. The molecule has 2 aromatic carbocycles. The molecule has 3 nitrogen and oxygen atoms in total. The molecule has 0 heterocycles. The molecule has 114 valence electrons. The smallest absolute Gasteiger partial charge is 0.0437 e. The van der Waals surface area contributed by atoms with Gasteiger partial charge in [-0.1, -0.05) is 12.1 Å². The third-order valence-electron chi connectivity index (χ3n) is 3.28. The van der Waals surface area contributed by atoms with E-state index in [-0.39, 0.29) is 0 Å². The lowest BCUT2D eigenvalue weighted by atomic mass is 10.0. The molecule has 0 unspecified atom stereocenters. The maximum Gasteiger partial charge on any atom is 0.0437 e. The summed E-state index contributed by atoms with van der Waals surface area (Å²) in [6.07, 6.45) is 0. The lowest BCUT2D eigenvalue weighted by molar-refractivity contribution is 0.162. The van der Waals surface area contributed by atoms with E-state index >= 15 is 0 Å². The molecular formula is C18H26N2O. The van der Waals surface area contributed by atoms with E-state index in [9.17, 15) is 0 Å². The number of nitrogens with two attached hydrogens (primary N) is 2. The first kappa shape index (κ1) is 17.1. The Hall–Kier alpha value is -2.00. The third kappa shape index (κ3) is 5.12. The lowest BCUT2D eigenvalue weighted by Crippen LogP contribution is -1.91. The summed E-state index contributed by atoms with van der Waals surface area (Å²) in [5, 5.41) is 0. The van der Waals surface area contributed by atoms with Crippen molar-refractivity contribution in [2.45, 2.75) is 27.7 Å². The van der Waals surface area contributed by atoms with E-state index in [2.05, 4.69) is 12.1 Å².